The zero-order valence-electron chi connectivity index (χ0n) is 10.7. The summed E-state index contributed by atoms with van der Waals surface area (Å²) in [5, 5.41) is 0.586. The van der Waals surface area contributed by atoms with E-state index in [1.807, 2.05) is 0 Å². The third-order valence-electron chi connectivity index (χ3n) is 2.39. The topological polar surface area (TPSA) is 111 Å². The number of ether oxygens (including phenoxy) is 1. The highest BCUT2D eigenvalue weighted by atomic mass is 32.2. The summed E-state index contributed by atoms with van der Waals surface area (Å²) < 4.78 is 30.3. The van der Waals surface area contributed by atoms with Crippen molar-refractivity contribution >= 4 is 32.5 Å². The van der Waals surface area contributed by atoms with Crippen LogP contribution in [0.5, 0.6) is 5.75 Å². The second kappa shape index (κ2) is 5.33. The fourth-order valence-corrected chi connectivity index (χ4v) is 2.27. The van der Waals surface area contributed by atoms with E-state index in [9.17, 15) is 13.2 Å². The van der Waals surface area contributed by atoms with Gasteiger partial charge in [-0.25, -0.2) is 8.42 Å². The molecule has 0 unspecified atom stereocenters. The van der Waals surface area contributed by atoms with E-state index in [2.05, 4.69) is 9.71 Å². The number of anilines is 1. The summed E-state index contributed by atoms with van der Waals surface area (Å²) in [6, 6.07) is 6.48. The molecule has 1 amide bonds. The summed E-state index contributed by atoms with van der Waals surface area (Å²) >= 11 is 0. The van der Waals surface area contributed by atoms with E-state index < -0.39 is 15.9 Å². The molecule has 3 N–H and O–H groups in total. The summed E-state index contributed by atoms with van der Waals surface area (Å²) in [7, 11) is -3.41. The summed E-state index contributed by atoms with van der Waals surface area (Å²) in [4.78, 5) is 14.9. The van der Waals surface area contributed by atoms with Crippen molar-refractivity contribution in [1.82, 2.24) is 4.98 Å². The molecule has 106 valence electrons. The number of pyridine rings is 1. The largest absolute Gasteiger partial charge is 0.483 e. The monoisotopic (exact) mass is 295 g/mol. The molecule has 0 fully saturated rings. The van der Waals surface area contributed by atoms with Crippen LogP contribution in [0.25, 0.3) is 10.9 Å². The molecule has 1 heterocycles. The van der Waals surface area contributed by atoms with Crippen molar-refractivity contribution in [3.63, 3.8) is 0 Å². The van der Waals surface area contributed by atoms with Gasteiger partial charge in [-0.05, 0) is 24.3 Å². The van der Waals surface area contributed by atoms with Crippen LogP contribution in [0.4, 0.5) is 5.69 Å². The molecule has 2 rings (SSSR count). The van der Waals surface area contributed by atoms with E-state index in [-0.39, 0.29) is 6.61 Å². The molecule has 0 aliphatic rings. The Morgan fingerprint density at radius 2 is 2.15 bits per heavy atom. The molecule has 0 aliphatic heterocycles. The molecule has 2 aromatic rings. The Balaban J connectivity index is 2.49. The number of nitrogens with one attached hydrogen (secondary N) is 1. The van der Waals surface area contributed by atoms with Crippen LogP contribution in [-0.4, -0.2) is 32.2 Å². The van der Waals surface area contributed by atoms with E-state index in [4.69, 9.17) is 10.5 Å². The van der Waals surface area contributed by atoms with Crippen LogP contribution < -0.4 is 15.2 Å². The minimum atomic E-state index is -3.41. The smallest absolute Gasteiger partial charge is 0.255 e. The molecule has 0 saturated carbocycles. The van der Waals surface area contributed by atoms with Crippen LogP contribution in [0.2, 0.25) is 0 Å². The van der Waals surface area contributed by atoms with E-state index in [1.54, 1.807) is 18.2 Å². The standard InChI is InChI=1S/C12H13N3O4S/c1-20(17,18)15-9-4-5-10(19-7-11(13)16)8-3-2-6-14-12(8)9/h2-6,15H,7H2,1H3,(H2,13,16). The lowest BCUT2D eigenvalue weighted by molar-refractivity contribution is -0.119. The number of sulfonamides is 1. The summed E-state index contributed by atoms with van der Waals surface area (Å²) in [6.45, 7) is -0.261. The second-order valence-corrected chi connectivity index (χ2v) is 5.89. The number of carbonyl (C=O) groups is 1. The maximum Gasteiger partial charge on any atom is 0.255 e. The maximum absolute atomic E-state index is 11.3. The van der Waals surface area contributed by atoms with Crippen molar-refractivity contribution in [2.45, 2.75) is 0 Å². The SMILES string of the molecule is CS(=O)(=O)Nc1ccc(OCC(N)=O)c2cccnc12. The van der Waals surface area contributed by atoms with Gasteiger partial charge in [-0.3, -0.25) is 14.5 Å². The normalized spacial score (nSPS) is 11.2. The Kier molecular flexibility index (Phi) is 3.75. The number of amides is 1. The van der Waals surface area contributed by atoms with Crippen LogP contribution >= 0.6 is 0 Å². The zero-order valence-corrected chi connectivity index (χ0v) is 11.5. The van der Waals surface area contributed by atoms with Crippen LogP contribution in [0.1, 0.15) is 0 Å². The average molecular weight is 295 g/mol. The van der Waals surface area contributed by atoms with E-state index in [0.29, 0.717) is 22.3 Å². The van der Waals surface area contributed by atoms with Crippen molar-refractivity contribution in [1.29, 1.82) is 0 Å². The molecule has 0 saturated heterocycles. The molecule has 0 radical (unpaired) electrons. The van der Waals surface area contributed by atoms with Gasteiger partial charge >= 0.3 is 0 Å². The highest BCUT2D eigenvalue weighted by Crippen LogP contribution is 2.30. The highest BCUT2D eigenvalue weighted by molar-refractivity contribution is 7.92. The summed E-state index contributed by atoms with van der Waals surface area (Å²) in [6.07, 6.45) is 2.59. The van der Waals surface area contributed by atoms with Crippen molar-refractivity contribution < 1.29 is 17.9 Å². The van der Waals surface area contributed by atoms with Crippen molar-refractivity contribution in [3.05, 3.63) is 30.5 Å². The summed E-state index contributed by atoms with van der Waals surface area (Å²) in [5.41, 5.74) is 5.80. The Morgan fingerprint density at radius 1 is 1.40 bits per heavy atom. The number of benzene rings is 1. The Bertz CT molecular complexity index is 758. The first-order valence-electron chi connectivity index (χ1n) is 5.63. The Labute approximate surface area is 115 Å². The number of fused-ring (bicyclic) bond motifs is 1. The van der Waals surface area contributed by atoms with E-state index >= 15 is 0 Å². The minimum Gasteiger partial charge on any atom is -0.483 e. The number of hydrogen-bond acceptors (Lipinski definition) is 5. The first kappa shape index (κ1) is 14.1. The predicted octanol–water partition coefficient (Wildman–Crippen LogP) is 0.470. The zero-order chi connectivity index (χ0) is 14.8. The fourth-order valence-electron chi connectivity index (χ4n) is 1.70. The number of nitrogens with two attached hydrogens (primary N) is 1. The number of aromatic nitrogens is 1. The molecule has 7 nitrogen and oxygen atoms in total. The average Bonchev–Trinajstić information content (AvgIpc) is 2.36. The molecular formula is C12H13N3O4S. The maximum atomic E-state index is 11.3. The van der Waals surface area contributed by atoms with Gasteiger partial charge in [0.15, 0.2) is 6.61 Å². The van der Waals surface area contributed by atoms with Gasteiger partial charge in [-0.15, -0.1) is 0 Å². The number of primary amides is 1. The lowest BCUT2D eigenvalue weighted by Gasteiger charge is -2.11. The Hall–Kier alpha value is -2.35. The van der Waals surface area contributed by atoms with Gasteiger partial charge in [0, 0.05) is 11.6 Å². The molecule has 1 aromatic carbocycles. The van der Waals surface area contributed by atoms with Crippen molar-refractivity contribution in [2.75, 3.05) is 17.6 Å². The lowest BCUT2D eigenvalue weighted by Crippen LogP contribution is -2.20. The van der Waals surface area contributed by atoms with E-state index in [0.717, 1.165) is 6.26 Å². The molecule has 0 spiro atoms. The lowest BCUT2D eigenvalue weighted by atomic mass is 10.2. The number of rotatable bonds is 5. The van der Waals surface area contributed by atoms with Gasteiger partial charge in [0.25, 0.3) is 5.91 Å². The quantitative estimate of drug-likeness (QED) is 0.833. The second-order valence-electron chi connectivity index (χ2n) is 4.14. The van der Waals surface area contributed by atoms with Crippen molar-refractivity contribution in [3.8, 4) is 5.75 Å². The highest BCUT2D eigenvalue weighted by Gasteiger charge is 2.11. The predicted molar refractivity (Wildman–Crippen MR) is 74.9 cm³/mol. The van der Waals surface area contributed by atoms with Crippen LogP contribution in [0, 0.1) is 0 Å². The molecule has 20 heavy (non-hydrogen) atoms. The van der Waals surface area contributed by atoms with Gasteiger partial charge in [0.2, 0.25) is 10.0 Å². The van der Waals surface area contributed by atoms with Crippen LogP contribution in [0.15, 0.2) is 30.5 Å². The summed E-state index contributed by atoms with van der Waals surface area (Å²) in [5.74, 6) is -0.189. The first-order valence-corrected chi connectivity index (χ1v) is 7.52. The third-order valence-corrected chi connectivity index (χ3v) is 2.99. The number of hydrogen-bond donors (Lipinski definition) is 2. The third kappa shape index (κ3) is 3.35. The number of nitrogens with zero attached hydrogens (tertiary/aromatic N) is 1. The number of carbonyl (C=O) groups excluding carboxylic acids is 1. The molecule has 0 atom stereocenters. The molecule has 0 bridgehead atoms. The van der Waals surface area contributed by atoms with Gasteiger partial charge in [0.1, 0.15) is 5.75 Å². The fraction of sp³-hybridized carbons (Fsp3) is 0.167. The van der Waals surface area contributed by atoms with Gasteiger partial charge < -0.3 is 10.5 Å². The van der Waals surface area contributed by atoms with Gasteiger partial charge in [-0.1, -0.05) is 0 Å². The molecule has 1 aromatic heterocycles. The molecule has 0 aliphatic carbocycles. The van der Waals surface area contributed by atoms with Crippen LogP contribution in [-0.2, 0) is 14.8 Å². The molecule has 8 heteroatoms. The van der Waals surface area contributed by atoms with E-state index in [1.165, 1.54) is 12.3 Å². The van der Waals surface area contributed by atoms with Crippen LogP contribution in [0.3, 0.4) is 0 Å². The van der Waals surface area contributed by atoms with Gasteiger partial charge in [-0.2, -0.15) is 0 Å². The molecular weight excluding hydrogens is 282 g/mol. The Morgan fingerprint density at radius 3 is 2.80 bits per heavy atom. The minimum absolute atomic E-state index is 0.261. The van der Waals surface area contributed by atoms with Gasteiger partial charge in [0.05, 0.1) is 17.5 Å². The first-order chi connectivity index (χ1) is 9.37. The van der Waals surface area contributed by atoms with Crippen molar-refractivity contribution in [2.24, 2.45) is 5.73 Å².